The second kappa shape index (κ2) is 12.9. The minimum Gasteiger partial charge on any atom is -0.399 e. The molecule has 0 bridgehead atoms. The van der Waals surface area contributed by atoms with E-state index in [1.807, 2.05) is 45.5 Å². The van der Waals surface area contributed by atoms with Gasteiger partial charge in [0.15, 0.2) is 11.6 Å². The van der Waals surface area contributed by atoms with Crippen molar-refractivity contribution in [3.05, 3.63) is 86.0 Å². The van der Waals surface area contributed by atoms with Gasteiger partial charge in [0.25, 0.3) is 5.91 Å². The smallest absolute Gasteiger partial charge is 0.250 e. The number of imidazole rings is 2. The predicted octanol–water partition coefficient (Wildman–Crippen LogP) is 6.15. The Morgan fingerprint density at radius 2 is 1.23 bits per heavy atom. The highest BCUT2D eigenvalue weighted by Crippen LogP contribution is 2.23. The molecule has 13 nitrogen and oxygen atoms in total. The molecule has 0 aliphatic rings. The van der Waals surface area contributed by atoms with E-state index in [0.29, 0.717) is 34.4 Å². The Morgan fingerprint density at radius 1 is 0.745 bits per heavy atom. The summed E-state index contributed by atoms with van der Waals surface area (Å²) in [5, 5.41) is 9.43. The molecule has 0 radical (unpaired) electrons. The fourth-order valence-corrected chi connectivity index (χ4v) is 4.55. The Kier molecular flexibility index (Phi) is 8.91. The summed E-state index contributed by atoms with van der Waals surface area (Å²) < 4.78 is 3.72. The first kappa shape index (κ1) is 32.5. The zero-order chi connectivity index (χ0) is 33.9. The van der Waals surface area contributed by atoms with Crippen molar-refractivity contribution in [1.29, 1.82) is 0 Å². The van der Waals surface area contributed by atoms with E-state index in [2.05, 4.69) is 94.0 Å². The van der Waals surface area contributed by atoms with E-state index in [-0.39, 0.29) is 17.0 Å². The molecular formula is C34H40N12O. The van der Waals surface area contributed by atoms with E-state index in [0.717, 1.165) is 27.9 Å². The maximum Gasteiger partial charge on any atom is 0.250 e. The van der Waals surface area contributed by atoms with Crippen LogP contribution in [0.5, 0.6) is 0 Å². The van der Waals surface area contributed by atoms with Crippen LogP contribution in [-0.4, -0.2) is 56.0 Å². The molecule has 0 atom stereocenters. The monoisotopic (exact) mass is 632 g/mol. The molecule has 0 fully saturated rings. The number of amides is 1. The van der Waals surface area contributed by atoms with Crippen LogP contribution >= 0.6 is 0 Å². The van der Waals surface area contributed by atoms with Crippen LogP contribution in [0.1, 0.15) is 48.5 Å². The third-order valence-corrected chi connectivity index (χ3v) is 6.51. The fourth-order valence-electron chi connectivity index (χ4n) is 4.55. The number of hydrogen-bond acceptors (Lipinski definition) is 10. The molecule has 4 aromatic heterocycles. The van der Waals surface area contributed by atoms with Crippen molar-refractivity contribution in [2.24, 2.45) is 0 Å². The van der Waals surface area contributed by atoms with Gasteiger partial charge in [0.1, 0.15) is 24.3 Å². The third-order valence-electron chi connectivity index (χ3n) is 6.51. The fraction of sp³-hybridized carbons (Fsp3) is 0.265. The molecule has 6 rings (SSSR count). The number of anilines is 4. The van der Waals surface area contributed by atoms with E-state index in [1.165, 1.54) is 0 Å². The first-order valence-electron chi connectivity index (χ1n) is 15.0. The van der Waals surface area contributed by atoms with Crippen LogP contribution in [0.4, 0.5) is 23.0 Å². The summed E-state index contributed by atoms with van der Waals surface area (Å²) in [5.41, 5.74) is 10.9. The molecule has 6 aromatic rings. The molecule has 0 saturated heterocycles. The number of rotatable bonds is 6. The molecule has 0 aliphatic carbocycles. The summed E-state index contributed by atoms with van der Waals surface area (Å²) in [4.78, 5) is 38.3. The molecular weight excluding hydrogens is 592 g/mol. The van der Waals surface area contributed by atoms with Crippen LogP contribution in [0.25, 0.3) is 33.7 Å². The van der Waals surface area contributed by atoms with Gasteiger partial charge in [-0.3, -0.25) is 23.9 Å². The average Bonchev–Trinajstić information content (AvgIpc) is 3.60. The highest BCUT2D eigenvalue weighted by Gasteiger charge is 2.14. The lowest BCUT2D eigenvalue weighted by Gasteiger charge is -2.21. The Hall–Kier alpha value is -5.85. The van der Waals surface area contributed by atoms with Gasteiger partial charge in [-0.2, -0.15) is 0 Å². The molecule has 0 aliphatic heterocycles. The second-order valence-electron chi connectivity index (χ2n) is 13.2. The number of hydrogen-bond donors (Lipinski definition) is 4. The van der Waals surface area contributed by atoms with Gasteiger partial charge in [-0.15, -0.1) is 0 Å². The van der Waals surface area contributed by atoms with E-state index >= 15 is 0 Å². The SMILES string of the molecule is C=C(C)C(=O)Nc1ccc2ncn(-c3cncc(NC(C)(C)C)n3)c2c1.CC(C)(C)Nc1cncc(-n2cnc3ccc(N)cc32)n1. The number of benzene rings is 2. The van der Waals surface area contributed by atoms with E-state index in [4.69, 9.17) is 5.73 Å². The Morgan fingerprint density at radius 3 is 1.72 bits per heavy atom. The van der Waals surface area contributed by atoms with Crippen molar-refractivity contribution in [1.82, 2.24) is 39.0 Å². The van der Waals surface area contributed by atoms with Crippen LogP contribution < -0.4 is 21.7 Å². The highest BCUT2D eigenvalue weighted by molar-refractivity contribution is 6.03. The summed E-state index contributed by atoms with van der Waals surface area (Å²) >= 11 is 0. The van der Waals surface area contributed by atoms with E-state index in [9.17, 15) is 4.79 Å². The normalized spacial score (nSPS) is 11.6. The predicted molar refractivity (Wildman–Crippen MR) is 188 cm³/mol. The van der Waals surface area contributed by atoms with Gasteiger partial charge in [0.05, 0.1) is 46.9 Å². The van der Waals surface area contributed by atoms with Crippen molar-refractivity contribution >= 4 is 51.0 Å². The number of nitrogen functional groups attached to an aromatic ring is 1. The number of aromatic nitrogens is 8. The Balaban J connectivity index is 0.000000189. The molecule has 5 N–H and O–H groups in total. The lowest BCUT2D eigenvalue weighted by molar-refractivity contribution is -0.112. The summed E-state index contributed by atoms with van der Waals surface area (Å²) in [6.07, 6.45) is 10.2. The summed E-state index contributed by atoms with van der Waals surface area (Å²) in [6.45, 7) is 17.7. The van der Waals surface area contributed by atoms with Crippen molar-refractivity contribution in [2.75, 3.05) is 21.7 Å². The molecule has 0 saturated carbocycles. The molecule has 13 heteroatoms. The van der Waals surface area contributed by atoms with Crippen molar-refractivity contribution in [2.45, 2.75) is 59.5 Å². The van der Waals surface area contributed by atoms with Crippen LogP contribution in [0.3, 0.4) is 0 Å². The highest BCUT2D eigenvalue weighted by atomic mass is 16.1. The lowest BCUT2D eigenvalue weighted by Crippen LogP contribution is -2.27. The maximum absolute atomic E-state index is 11.9. The summed E-state index contributed by atoms with van der Waals surface area (Å²) in [7, 11) is 0. The van der Waals surface area contributed by atoms with Crippen molar-refractivity contribution < 1.29 is 4.79 Å². The first-order valence-corrected chi connectivity index (χ1v) is 15.0. The van der Waals surface area contributed by atoms with Gasteiger partial charge in [0, 0.05) is 28.0 Å². The second-order valence-corrected chi connectivity index (χ2v) is 13.2. The number of fused-ring (bicyclic) bond motifs is 2. The minimum absolute atomic E-state index is 0.0747. The molecule has 0 spiro atoms. The van der Waals surface area contributed by atoms with Crippen LogP contribution in [0.15, 0.2) is 86.0 Å². The lowest BCUT2D eigenvalue weighted by atomic mass is 10.1. The van der Waals surface area contributed by atoms with Crippen LogP contribution in [0, 0.1) is 0 Å². The third kappa shape index (κ3) is 8.25. The van der Waals surface area contributed by atoms with Crippen LogP contribution in [0.2, 0.25) is 0 Å². The van der Waals surface area contributed by atoms with Gasteiger partial charge >= 0.3 is 0 Å². The molecule has 47 heavy (non-hydrogen) atoms. The average molecular weight is 633 g/mol. The van der Waals surface area contributed by atoms with Crippen LogP contribution in [-0.2, 0) is 4.79 Å². The largest absolute Gasteiger partial charge is 0.399 e. The van der Waals surface area contributed by atoms with Gasteiger partial charge in [0.2, 0.25) is 0 Å². The van der Waals surface area contributed by atoms with E-state index < -0.39 is 0 Å². The van der Waals surface area contributed by atoms with Gasteiger partial charge in [-0.05, 0) is 84.9 Å². The van der Waals surface area contributed by atoms with Gasteiger partial charge < -0.3 is 21.7 Å². The minimum atomic E-state index is -0.216. The number of carbonyl (C=O) groups excluding carboxylic acids is 1. The number of nitrogens with zero attached hydrogens (tertiary/aromatic N) is 8. The standard InChI is InChI=1S/C19H22N6O.C15H18N6/c1-12(2)18(26)22-13-6-7-14-15(8-13)25(11-21-14)17-10-20-9-16(23-17)24-19(3,4)5;1-15(2,3)20-13-7-17-8-14(19-13)21-9-18-11-5-4-10(16)6-12(11)21/h6-11H,1H2,2-5H3,(H,22,26)(H,23,24);4-9H,16H2,1-3H3,(H,19,20). The zero-order valence-electron chi connectivity index (χ0n) is 27.7. The number of nitrogens with one attached hydrogen (secondary N) is 3. The summed E-state index contributed by atoms with van der Waals surface area (Å²) in [5.74, 6) is 2.54. The number of carbonyl (C=O) groups is 1. The van der Waals surface area contributed by atoms with Gasteiger partial charge in [-0.25, -0.2) is 19.9 Å². The Bertz CT molecular complexity index is 2060. The van der Waals surface area contributed by atoms with Crippen molar-refractivity contribution in [3.63, 3.8) is 0 Å². The summed E-state index contributed by atoms with van der Waals surface area (Å²) in [6, 6.07) is 11.1. The molecule has 0 unspecified atom stereocenters. The molecule has 2 aromatic carbocycles. The van der Waals surface area contributed by atoms with Crippen molar-refractivity contribution in [3.8, 4) is 11.6 Å². The molecule has 242 valence electrons. The topological polar surface area (TPSA) is 166 Å². The van der Waals surface area contributed by atoms with Gasteiger partial charge in [-0.1, -0.05) is 6.58 Å². The maximum atomic E-state index is 11.9. The zero-order valence-corrected chi connectivity index (χ0v) is 27.7. The molecule has 1 amide bonds. The quantitative estimate of drug-likeness (QED) is 0.124. The first-order chi connectivity index (χ1) is 22.1. The van der Waals surface area contributed by atoms with E-state index in [1.54, 1.807) is 44.4 Å². The Labute approximate surface area is 273 Å². The molecule has 4 heterocycles. The number of nitrogens with two attached hydrogens (primary N) is 1.